The number of carbonyl (C=O) groups excluding carboxylic acids is 2. The molecular weight excluding hydrogens is 266 g/mol. The molecule has 0 fully saturated rings. The van der Waals surface area contributed by atoms with Crippen molar-refractivity contribution in [3.8, 4) is 0 Å². The minimum absolute atomic E-state index is 0.174. The summed E-state index contributed by atoms with van der Waals surface area (Å²) in [7, 11) is 0. The third-order valence-corrected chi connectivity index (χ3v) is 3.03. The Balaban J connectivity index is 2.56. The molecule has 0 heterocycles. The van der Waals surface area contributed by atoms with Gasteiger partial charge in [0.1, 0.15) is 0 Å². The van der Waals surface area contributed by atoms with Crippen LogP contribution in [0.1, 0.15) is 36.5 Å². The van der Waals surface area contributed by atoms with Gasteiger partial charge in [0.15, 0.2) is 0 Å². The predicted octanol–water partition coefficient (Wildman–Crippen LogP) is 2.06. The van der Waals surface area contributed by atoms with E-state index in [4.69, 9.17) is 5.73 Å². The van der Waals surface area contributed by atoms with Gasteiger partial charge in [0.05, 0.1) is 6.04 Å². The first-order valence-electron chi connectivity index (χ1n) is 7.14. The van der Waals surface area contributed by atoms with Gasteiger partial charge in [-0.2, -0.15) is 0 Å². The smallest absolute Gasteiger partial charge is 0.251 e. The average Bonchev–Trinajstić information content (AvgIpc) is 2.50. The van der Waals surface area contributed by atoms with Crippen LogP contribution in [0.4, 0.5) is 5.69 Å². The second kappa shape index (κ2) is 8.92. The maximum absolute atomic E-state index is 11.9. The van der Waals surface area contributed by atoms with Gasteiger partial charge in [-0.1, -0.05) is 25.8 Å². The van der Waals surface area contributed by atoms with E-state index in [2.05, 4.69) is 24.1 Å². The highest BCUT2D eigenvalue weighted by Crippen LogP contribution is 2.10. The largest absolute Gasteiger partial charge is 0.349 e. The van der Waals surface area contributed by atoms with Crippen LogP contribution in [0.5, 0.6) is 0 Å². The van der Waals surface area contributed by atoms with Gasteiger partial charge in [-0.15, -0.1) is 6.58 Å². The molecule has 0 saturated heterocycles. The van der Waals surface area contributed by atoms with E-state index >= 15 is 0 Å². The number of anilines is 1. The molecule has 1 atom stereocenters. The molecule has 0 spiro atoms. The van der Waals surface area contributed by atoms with Crippen LogP contribution >= 0.6 is 0 Å². The van der Waals surface area contributed by atoms with Gasteiger partial charge in [-0.3, -0.25) is 9.59 Å². The summed E-state index contributed by atoms with van der Waals surface area (Å²) in [6.07, 6.45) is 4.22. The minimum Gasteiger partial charge on any atom is -0.349 e. The highest BCUT2D eigenvalue weighted by Gasteiger charge is 2.13. The lowest BCUT2D eigenvalue weighted by molar-refractivity contribution is -0.117. The number of unbranched alkanes of at least 4 members (excludes halogenated alkanes) is 1. The standard InChI is InChI=1S/C16H23N3O2/c1-3-5-6-14(17)16(21)19-13-9-7-12(8-10-13)15(20)18-11-4-2/h4,7-10,14H,2-3,5-6,11,17H2,1H3,(H,18,20)(H,19,21)/t14-/m0/s1. The van der Waals surface area contributed by atoms with Gasteiger partial charge in [-0.05, 0) is 30.7 Å². The second-order valence-electron chi connectivity index (χ2n) is 4.81. The van der Waals surface area contributed by atoms with Crippen LogP contribution < -0.4 is 16.4 Å². The van der Waals surface area contributed by atoms with Crippen molar-refractivity contribution in [1.82, 2.24) is 5.32 Å². The number of rotatable bonds is 8. The summed E-state index contributed by atoms with van der Waals surface area (Å²) < 4.78 is 0. The van der Waals surface area contributed by atoms with Gasteiger partial charge < -0.3 is 16.4 Å². The normalized spacial score (nSPS) is 11.5. The number of benzene rings is 1. The topological polar surface area (TPSA) is 84.2 Å². The summed E-state index contributed by atoms with van der Waals surface area (Å²) in [5.41, 5.74) is 6.96. The Hall–Kier alpha value is -2.14. The van der Waals surface area contributed by atoms with Crippen LogP contribution in [0.3, 0.4) is 0 Å². The van der Waals surface area contributed by atoms with Crippen molar-refractivity contribution in [2.75, 3.05) is 11.9 Å². The zero-order chi connectivity index (χ0) is 15.7. The molecule has 114 valence electrons. The lowest BCUT2D eigenvalue weighted by atomic mass is 10.1. The van der Waals surface area contributed by atoms with Crippen molar-refractivity contribution >= 4 is 17.5 Å². The predicted molar refractivity (Wildman–Crippen MR) is 85.1 cm³/mol. The van der Waals surface area contributed by atoms with E-state index in [0.29, 0.717) is 24.2 Å². The van der Waals surface area contributed by atoms with Gasteiger partial charge in [-0.25, -0.2) is 0 Å². The van der Waals surface area contributed by atoms with E-state index < -0.39 is 6.04 Å². The van der Waals surface area contributed by atoms with Gasteiger partial charge >= 0.3 is 0 Å². The molecule has 2 amide bonds. The quantitative estimate of drug-likeness (QED) is 0.640. The van der Waals surface area contributed by atoms with Crippen molar-refractivity contribution in [2.24, 2.45) is 5.73 Å². The molecule has 5 heteroatoms. The van der Waals surface area contributed by atoms with Crippen LogP contribution in [0.15, 0.2) is 36.9 Å². The Morgan fingerprint density at radius 1 is 1.33 bits per heavy atom. The van der Waals surface area contributed by atoms with E-state index in [-0.39, 0.29) is 11.8 Å². The average molecular weight is 289 g/mol. The lowest BCUT2D eigenvalue weighted by Gasteiger charge is -2.12. The molecule has 0 bridgehead atoms. The molecule has 0 saturated carbocycles. The molecule has 0 unspecified atom stereocenters. The van der Waals surface area contributed by atoms with Crippen LogP contribution in [0.25, 0.3) is 0 Å². The molecule has 0 radical (unpaired) electrons. The summed E-state index contributed by atoms with van der Waals surface area (Å²) in [6, 6.07) is 6.19. The van der Waals surface area contributed by atoms with E-state index in [1.54, 1.807) is 30.3 Å². The highest BCUT2D eigenvalue weighted by atomic mass is 16.2. The number of hydrogen-bond acceptors (Lipinski definition) is 3. The number of carbonyl (C=O) groups is 2. The first-order chi connectivity index (χ1) is 10.1. The molecular formula is C16H23N3O2. The molecule has 5 nitrogen and oxygen atoms in total. The number of amides is 2. The van der Waals surface area contributed by atoms with Crippen molar-refractivity contribution in [1.29, 1.82) is 0 Å². The van der Waals surface area contributed by atoms with E-state index in [1.165, 1.54) is 0 Å². The molecule has 0 aliphatic rings. The molecule has 4 N–H and O–H groups in total. The van der Waals surface area contributed by atoms with Crippen LogP contribution in [-0.2, 0) is 4.79 Å². The number of hydrogen-bond donors (Lipinski definition) is 3. The minimum atomic E-state index is -0.500. The maximum Gasteiger partial charge on any atom is 0.251 e. The third-order valence-electron chi connectivity index (χ3n) is 3.03. The Kier molecular flexibility index (Phi) is 7.18. The Bertz CT molecular complexity index is 483. The summed E-state index contributed by atoms with van der Waals surface area (Å²) >= 11 is 0. The molecule has 21 heavy (non-hydrogen) atoms. The fourth-order valence-corrected chi connectivity index (χ4v) is 1.76. The summed E-state index contributed by atoms with van der Waals surface area (Å²) in [5.74, 6) is -0.375. The Labute approximate surface area is 125 Å². The molecule has 0 aliphatic heterocycles. The number of nitrogens with two attached hydrogens (primary N) is 1. The summed E-state index contributed by atoms with van der Waals surface area (Å²) in [4.78, 5) is 23.5. The molecule has 1 aromatic carbocycles. The highest BCUT2D eigenvalue weighted by molar-refractivity contribution is 5.97. The van der Waals surface area contributed by atoms with E-state index in [1.807, 2.05) is 0 Å². The Morgan fingerprint density at radius 2 is 2.00 bits per heavy atom. The van der Waals surface area contributed by atoms with E-state index in [9.17, 15) is 9.59 Å². The Morgan fingerprint density at radius 3 is 2.57 bits per heavy atom. The molecule has 0 aromatic heterocycles. The van der Waals surface area contributed by atoms with E-state index in [0.717, 1.165) is 12.8 Å². The van der Waals surface area contributed by atoms with Crippen molar-refractivity contribution in [2.45, 2.75) is 32.2 Å². The SMILES string of the molecule is C=CCNC(=O)c1ccc(NC(=O)[C@@H](N)CCCC)cc1. The first-order valence-corrected chi connectivity index (χ1v) is 7.14. The van der Waals surface area contributed by atoms with Crippen LogP contribution in [0.2, 0.25) is 0 Å². The van der Waals surface area contributed by atoms with Crippen molar-refractivity contribution in [3.05, 3.63) is 42.5 Å². The number of nitrogens with one attached hydrogen (secondary N) is 2. The zero-order valence-corrected chi connectivity index (χ0v) is 12.4. The van der Waals surface area contributed by atoms with Gasteiger partial charge in [0.2, 0.25) is 5.91 Å². The fourth-order valence-electron chi connectivity index (χ4n) is 1.76. The van der Waals surface area contributed by atoms with Crippen molar-refractivity contribution < 1.29 is 9.59 Å². The van der Waals surface area contributed by atoms with Gasteiger partial charge in [0.25, 0.3) is 5.91 Å². The lowest BCUT2D eigenvalue weighted by Crippen LogP contribution is -2.35. The van der Waals surface area contributed by atoms with Crippen molar-refractivity contribution in [3.63, 3.8) is 0 Å². The summed E-state index contributed by atoms with van der Waals surface area (Å²) in [5, 5.41) is 5.43. The van der Waals surface area contributed by atoms with Gasteiger partial charge in [0, 0.05) is 17.8 Å². The second-order valence-corrected chi connectivity index (χ2v) is 4.81. The molecule has 1 rings (SSSR count). The fraction of sp³-hybridized carbons (Fsp3) is 0.375. The summed E-state index contributed by atoms with van der Waals surface area (Å²) in [6.45, 7) is 6.01. The molecule has 0 aliphatic carbocycles. The monoisotopic (exact) mass is 289 g/mol. The first kappa shape index (κ1) is 16.9. The maximum atomic E-state index is 11.9. The zero-order valence-electron chi connectivity index (χ0n) is 12.4. The van der Waals surface area contributed by atoms with Crippen LogP contribution in [-0.4, -0.2) is 24.4 Å². The third kappa shape index (κ3) is 5.79. The molecule has 1 aromatic rings. The van der Waals surface area contributed by atoms with Crippen LogP contribution in [0, 0.1) is 0 Å².